The number of ether oxygens (including phenoxy) is 2. The van der Waals surface area contributed by atoms with Crippen LogP contribution in [0.3, 0.4) is 0 Å². The SMILES string of the molecule is Cc1nnc(NC[C@@H]2CO[C@]3(COCCN(C(=O)NC4CC4)C3)C2)o1. The summed E-state index contributed by atoms with van der Waals surface area (Å²) in [4.78, 5) is 14.2. The molecule has 2 saturated heterocycles. The van der Waals surface area contributed by atoms with E-state index in [2.05, 4.69) is 20.8 Å². The highest BCUT2D eigenvalue weighted by atomic mass is 16.5. The molecule has 1 saturated carbocycles. The van der Waals surface area contributed by atoms with Gasteiger partial charge in [-0.05, 0) is 19.3 Å². The van der Waals surface area contributed by atoms with Gasteiger partial charge in [-0.3, -0.25) is 0 Å². The molecule has 2 N–H and O–H groups in total. The van der Waals surface area contributed by atoms with Gasteiger partial charge in [-0.25, -0.2) is 4.79 Å². The minimum absolute atomic E-state index is 0.00103. The first-order valence-electron chi connectivity index (χ1n) is 8.93. The molecule has 0 bridgehead atoms. The van der Waals surface area contributed by atoms with Crippen molar-refractivity contribution in [1.29, 1.82) is 0 Å². The second kappa shape index (κ2) is 6.80. The van der Waals surface area contributed by atoms with Crippen molar-refractivity contribution in [3.63, 3.8) is 0 Å². The van der Waals surface area contributed by atoms with Gasteiger partial charge < -0.3 is 29.4 Å². The molecule has 0 radical (unpaired) electrons. The molecule has 138 valence electrons. The Kier molecular flexibility index (Phi) is 4.51. The maximum absolute atomic E-state index is 12.4. The number of nitrogens with zero attached hydrogens (tertiary/aromatic N) is 3. The Morgan fingerprint density at radius 1 is 1.40 bits per heavy atom. The Hall–Kier alpha value is -1.87. The van der Waals surface area contributed by atoms with Crippen LogP contribution in [0.15, 0.2) is 4.42 Å². The van der Waals surface area contributed by atoms with Gasteiger partial charge in [-0.2, -0.15) is 0 Å². The summed E-state index contributed by atoms with van der Waals surface area (Å²) in [5.41, 5.74) is -0.422. The number of carbonyl (C=O) groups is 1. The van der Waals surface area contributed by atoms with Gasteiger partial charge in [0.15, 0.2) is 0 Å². The number of anilines is 1. The van der Waals surface area contributed by atoms with Crippen molar-refractivity contribution in [2.75, 3.05) is 44.8 Å². The number of urea groups is 1. The van der Waals surface area contributed by atoms with Crippen molar-refractivity contribution in [2.24, 2.45) is 5.92 Å². The number of aryl methyl sites for hydroxylation is 1. The Balaban J connectivity index is 1.33. The topological polar surface area (TPSA) is 102 Å². The van der Waals surface area contributed by atoms with Crippen molar-refractivity contribution >= 4 is 12.0 Å². The molecular formula is C16H25N5O4. The van der Waals surface area contributed by atoms with E-state index in [1.807, 2.05) is 4.90 Å². The first-order chi connectivity index (χ1) is 12.1. The van der Waals surface area contributed by atoms with Crippen molar-refractivity contribution in [3.8, 4) is 0 Å². The van der Waals surface area contributed by atoms with Gasteiger partial charge in [0.25, 0.3) is 0 Å². The summed E-state index contributed by atoms with van der Waals surface area (Å²) >= 11 is 0. The largest absolute Gasteiger partial charge is 0.408 e. The molecular weight excluding hydrogens is 326 g/mol. The highest BCUT2D eigenvalue weighted by Gasteiger charge is 2.44. The third kappa shape index (κ3) is 4.04. The number of hydrogen-bond acceptors (Lipinski definition) is 7. The standard InChI is InChI=1S/C16H25N5O4/c1-11-19-20-14(25-11)17-7-12-6-16(24-8-12)9-21(4-5-23-10-16)15(22)18-13-2-3-13/h12-13H,2-10H2,1H3,(H,17,20)(H,18,22)/t12-,16-/m1/s1. The summed E-state index contributed by atoms with van der Waals surface area (Å²) in [5, 5.41) is 14.0. The quantitative estimate of drug-likeness (QED) is 0.826. The van der Waals surface area contributed by atoms with Gasteiger partial charge in [0.05, 0.1) is 26.4 Å². The second-order valence-electron chi connectivity index (χ2n) is 7.27. The fourth-order valence-electron chi connectivity index (χ4n) is 3.45. The maximum atomic E-state index is 12.4. The number of carbonyl (C=O) groups excluding carboxylic acids is 1. The van der Waals surface area contributed by atoms with Crippen LogP contribution in [0.4, 0.5) is 10.8 Å². The van der Waals surface area contributed by atoms with Gasteiger partial charge in [0, 0.05) is 32.0 Å². The summed E-state index contributed by atoms with van der Waals surface area (Å²) in [7, 11) is 0. The fraction of sp³-hybridized carbons (Fsp3) is 0.812. The molecule has 1 spiro atoms. The fourth-order valence-corrected chi connectivity index (χ4v) is 3.45. The zero-order valence-electron chi connectivity index (χ0n) is 14.5. The number of rotatable bonds is 4. The highest BCUT2D eigenvalue weighted by Crippen LogP contribution is 2.33. The number of hydrogen-bond donors (Lipinski definition) is 2. The molecule has 3 aliphatic rings. The van der Waals surface area contributed by atoms with E-state index < -0.39 is 5.60 Å². The lowest BCUT2D eigenvalue weighted by Gasteiger charge is -2.31. The van der Waals surface area contributed by atoms with Crippen LogP contribution in [0, 0.1) is 12.8 Å². The highest BCUT2D eigenvalue weighted by molar-refractivity contribution is 5.75. The van der Waals surface area contributed by atoms with Crippen LogP contribution < -0.4 is 10.6 Å². The van der Waals surface area contributed by atoms with Crippen LogP contribution in [0.1, 0.15) is 25.2 Å². The van der Waals surface area contributed by atoms with Gasteiger partial charge in [0.2, 0.25) is 5.89 Å². The molecule has 3 fully saturated rings. The van der Waals surface area contributed by atoms with Crippen LogP contribution in [0.2, 0.25) is 0 Å². The lowest BCUT2D eigenvalue weighted by atomic mass is 9.94. The number of nitrogens with one attached hydrogen (secondary N) is 2. The van der Waals surface area contributed by atoms with Crippen molar-refractivity contribution in [3.05, 3.63) is 5.89 Å². The zero-order valence-corrected chi connectivity index (χ0v) is 14.5. The summed E-state index contributed by atoms with van der Waals surface area (Å²) in [5.74, 6) is 0.846. The molecule has 2 amide bonds. The molecule has 4 rings (SSSR count). The van der Waals surface area contributed by atoms with Gasteiger partial charge in [-0.1, -0.05) is 5.10 Å². The minimum Gasteiger partial charge on any atom is -0.408 e. The van der Waals surface area contributed by atoms with E-state index in [9.17, 15) is 4.79 Å². The Labute approximate surface area is 146 Å². The molecule has 0 unspecified atom stereocenters. The lowest BCUT2D eigenvalue weighted by molar-refractivity contribution is -0.0530. The number of aromatic nitrogens is 2. The van der Waals surface area contributed by atoms with E-state index in [4.69, 9.17) is 13.9 Å². The number of amides is 2. The predicted molar refractivity (Wildman–Crippen MR) is 88.3 cm³/mol. The molecule has 9 heteroatoms. The van der Waals surface area contributed by atoms with Crippen LogP contribution >= 0.6 is 0 Å². The third-order valence-corrected chi connectivity index (χ3v) is 4.90. The first kappa shape index (κ1) is 16.6. The summed E-state index contributed by atoms with van der Waals surface area (Å²) in [6.45, 7) is 5.33. The summed E-state index contributed by atoms with van der Waals surface area (Å²) in [6.07, 6.45) is 3.00. The van der Waals surface area contributed by atoms with E-state index >= 15 is 0 Å². The van der Waals surface area contributed by atoms with Crippen LogP contribution in [-0.4, -0.2) is 72.2 Å². The van der Waals surface area contributed by atoms with Crippen LogP contribution in [0.25, 0.3) is 0 Å². The van der Waals surface area contributed by atoms with Crippen molar-refractivity contribution < 1.29 is 18.7 Å². The first-order valence-corrected chi connectivity index (χ1v) is 8.93. The van der Waals surface area contributed by atoms with E-state index in [0.29, 0.717) is 63.3 Å². The van der Waals surface area contributed by atoms with Crippen LogP contribution in [-0.2, 0) is 9.47 Å². The Morgan fingerprint density at radius 3 is 3.04 bits per heavy atom. The molecule has 25 heavy (non-hydrogen) atoms. The zero-order chi connectivity index (χ0) is 17.3. The summed E-state index contributed by atoms with van der Waals surface area (Å²) in [6, 6.07) is 0.784. The normalized spacial score (nSPS) is 29.6. The van der Waals surface area contributed by atoms with Crippen molar-refractivity contribution in [1.82, 2.24) is 20.4 Å². The molecule has 2 aliphatic heterocycles. The van der Waals surface area contributed by atoms with E-state index in [1.54, 1.807) is 6.92 Å². The lowest BCUT2D eigenvalue weighted by Crippen LogP contribution is -2.50. The van der Waals surface area contributed by atoms with Gasteiger partial charge in [0.1, 0.15) is 5.60 Å². The van der Waals surface area contributed by atoms with E-state index in [-0.39, 0.29) is 6.03 Å². The smallest absolute Gasteiger partial charge is 0.317 e. The molecule has 3 heterocycles. The van der Waals surface area contributed by atoms with Crippen LogP contribution in [0.5, 0.6) is 0 Å². The monoisotopic (exact) mass is 351 g/mol. The molecule has 9 nitrogen and oxygen atoms in total. The van der Waals surface area contributed by atoms with E-state index in [0.717, 1.165) is 19.3 Å². The van der Waals surface area contributed by atoms with E-state index in [1.165, 1.54) is 0 Å². The Morgan fingerprint density at radius 2 is 2.28 bits per heavy atom. The second-order valence-corrected chi connectivity index (χ2v) is 7.27. The molecule has 1 aliphatic carbocycles. The van der Waals surface area contributed by atoms with Gasteiger partial charge in [-0.15, -0.1) is 5.10 Å². The average molecular weight is 351 g/mol. The molecule has 2 atom stereocenters. The summed E-state index contributed by atoms with van der Waals surface area (Å²) < 4.78 is 17.2. The van der Waals surface area contributed by atoms with Gasteiger partial charge >= 0.3 is 12.0 Å². The molecule has 0 aromatic carbocycles. The van der Waals surface area contributed by atoms with Crippen molar-refractivity contribution in [2.45, 2.75) is 37.8 Å². The molecule has 1 aromatic rings. The Bertz CT molecular complexity index is 619. The minimum atomic E-state index is -0.422. The maximum Gasteiger partial charge on any atom is 0.317 e. The molecule has 1 aromatic heterocycles. The average Bonchev–Trinajstić information content (AvgIpc) is 3.22. The third-order valence-electron chi connectivity index (χ3n) is 4.90. The predicted octanol–water partition coefficient (Wildman–Crippen LogP) is 0.769.